The van der Waals surface area contributed by atoms with Crippen LogP contribution in [0, 0.1) is 0 Å². The fraction of sp³-hybridized carbons (Fsp3) is 0.308. The average molecular weight is 386 g/mol. The van der Waals surface area contributed by atoms with E-state index < -0.39 is 0 Å². The minimum atomic E-state index is -0.263. The zero-order chi connectivity index (χ0) is 19.6. The first-order valence-corrected chi connectivity index (χ1v) is 10.6. The molecule has 1 saturated heterocycles. The summed E-state index contributed by atoms with van der Waals surface area (Å²) in [7, 11) is 0. The molecule has 0 saturated carbocycles. The number of benzene rings is 3. The van der Waals surface area contributed by atoms with Crippen LogP contribution in [0.1, 0.15) is 47.2 Å². The lowest BCUT2D eigenvalue weighted by atomic mass is 9.81. The Bertz CT molecular complexity index is 957. The van der Waals surface area contributed by atoms with Crippen molar-refractivity contribution in [2.45, 2.75) is 44.1 Å². The van der Waals surface area contributed by atoms with Gasteiger partial charge < -0.3 is 9.84 Å². The topological polar surface area (TPSA) is 32.7 Å². The van der Waals surface area contributed by atoms with Gasteiger partial charge in [0, 0.05) is 18.6 Å². The fourth-order valence-electron chi connectivity index (χ4n) is 4.92. The molecule has 2 heterocycles. The molecule has 0 unspecified atom stereocenters. The summed E-state index contributed by atoms with van der Waals surface area (Å²) in [5.74, 6) is 0.928. The van der Waals surface area contributed by atoms with Crippen LogP contribution >= 0.6 is 0 Å². The number of piperidine rings is 1. The van der Waals surface area contributed by atoms with E-state index in [1.54, 1.807) is 0 Å². The molecule has 0 amide bonds. The van der Waals surface area contributed by atoms with Crippen LogP contribution in [0.5, 0.6) is 5.75 Å². The Hall–Kier alpha value is -2.62. The Morgan fingerprint density at radius 1 is 0.862 bits per heavy atom. The van der Waals surface area contributed by atoms with Crippen molar-refractivity contribution in [1.29, 1.82) is 0 Å². The molecule has 5 rings (SSSR count). The van der Waals surface area contributed by atoms with E-state index in [0.717, 1.165) is 31.6 Å². The van der Waals surface area contributed by atoms with Crippen LogP contribution in [0.25, 0.3) is 0 Å². The molecule has 0 aliphatic carbocycles. The van der Waals surface area contributed by atoms with Gasteiger partial charge in [-0.15, -0.1) is 0 Å². The maximum absolute atomic E-state index is 10.6. The standard InChI is InChI=1S/C26H27NO2/c28-22-16-25(20-9-5-2-6-10-20)27-14-13-21-15-23(11-12-24(21)26(27)17-22)29-18-19-7-3-1-4-8-19/h1-12,15,22,25-26,28H,13-14,16-18H2/t22-,25-,26-/m0/s1. The smallest absolute Gasteiger partial charge is 0.120 e. The zero-order valence-electron chi connectivity index (χ0n) is 16.6. The van der Waals surface area contributed by atoms with Gasteiger partial charge in [-0.2, -0.15) is 0 Å². The Morgan fingerprint density at radius 2 is 1.59 bits per heavy atom. The average Bonchev–Trinajstić information content (AvgIpc) is 2.78. The number of aliphatic hydroxyl groups excluding tert-OH is 1. The van der Waals surface area contributed by atoms with Gasteiger partial charge in [-0.3, -0.25) is 4.90 Å². The van der Waals surface area contributed by atoms with Crippen LogP contribution in [0.15, 0.2) is 78.9 Å². The Morgan fingerprint density at radius 3 is 2.38 bits per heavy atom. The van der Waals surface area contributed by atoms with E-state index in [1.165, 1.54) is 22.3 Å². The second-order valence-corrected chi connectivity index (χ2v) is 8.19. The molecule has 2 aliphatic rings. The normalized spacial score (nSPS) is 23.8. The van der Waals surface area contributed by atoms with E-state index in [2.05, 4.69) is 65.6 Å². The summed E-state index contributed by atoms with van der Waals surface area (Å²) in [6.45, 7) is 1.61. The molecular formula is C26H27NO2. The monoisotopic (exact) mass is 385 g/mol. The Labute approximate surface area is 172 Å². The van der Waals surface area contributed by atoms with Crippen molar-refractivity contribution in [3.05, 3.63) is 101 Å². The third-order valence-corrected chi connectivity index (χ3v) is 6.34. The highest BCUT2D eigenvalue weighted by Gasteiger charge is 2.39. The maximum atomic E-state index is 10.6. The largest absolute Gasteiger partial charge is 0.489 e. The Balaban J connectivity index is 1.37. The molecule has 0 bridgehead atoms. The van der Waals surface area contributed by atoms with Gasteiger partial charge in [0.15, 0.2) is 0 Å². The summed E-state index contributed by atoms with van der Waals surface area (Å²) in [5, 5.41) is 10.6. The summed E-state index contributed by atoms with van der Waals surface area (Å²) in [6.07, 6.45) is 2.38. The first kappa shape index (κ1) is 18.4. The SMILES string of the molecule is O[C@H]1C[C@@H](c2ccccc2)N2CCc3cc(OCc4ccccc4)ccc3[C@@H]2C1. The maximum Gasteiger partial charge on any atom is 0.120 e. The van der Waals surface area contributed by atoms with Crippen molar-refractivity contribution in [3.8, 4) is 5.75 Å². The van der Waals surface area contributed by atoms with Crippen molar-refractivity contribution in [2.24, 2.45) is 0 Å². The van der Waals surface area contributed by atoms with Crippen LogP contribution in [0.2, 0.25) is 0 Å². The van der Waals surface area contributed by atoms with Gasteiger partial charge in [0.05, 0.1) is 6.10 Å². The van der Waals surface area contributed by atoms with Crippen molar-refractivity contribution in [2.75, 3.05) is 6.54 Å². The summed E-state index contributed by atoms with van der Waals surface area (Å²) in [5.41, 5.74) is 5.20. The highest BCUT2D eigenvalue weighted by molar-refractivity contribution is 5.40. The van der Waals surface area contributed by atoms with E-state index >= 15 is 0 Å². The highest BCUT2D eigenvalue weighted by Crippen LogP contribution is 2.45. The zero-order valence-corrected chi connectivity index (χ0v) is 16.6. The molecule has 3 heteroatoms. The predicted octanol–water partition coefficient (Wildman–Crippen LogP) is 5.06. The molecule has 3 aromatic rings. The number of rotatable bonds is 4. The van der Waals surface area contributed by atoms with Gasteiger partial charge in [0.1, 0.15) is 12.4 Å². The van der Waals surface area contributed by atoms with Gasteiger partial charge >= 0.3 is 0 Å². The van der Waals surface area contributed by atoms with E-state index in [0.29, 0.717) is 6.61 Å². The predicted molar refractivity (Wildman–Crippen MR) is 115 cm³/mol. The van der Waals surface area contributed by atoms with E-state index in [-0.39, 0.29) is 18.2 Å². The lowest BCUT2D eigenvalue weighted by molar-refractivity contribution is -0.00677. The first-order valence-electron chi connectivity index (χ1n) is 10.6. The molecule has 0 spiro atoms. The van der Waals surface area contributed by atoms with Crippen molar-refractivity contribution < 1.29 is 9.84 Å². The summed E-state index contributed by atoms with van der Waals surface area (Å²) >= 11 is 0. The number of hydrogen-bond donors (Lipinski definition) is 1. The van der Waals surface area contributed by atoms with Crippen LogP contribution in [-0.4, -0.2) is 22.7 Å². The summed E-state index contributed by atoms with van der Waals surface area (Å²) in [6, 6.07) is 28.0. The second-order valence-electron chi connectivity index (χ2n) is 8.19. The molecule has 0 aromatic heterocycles. The Kier molecular flexibility index (Phi) is 5.09. The van der Waals surface area contributed by atoms with E-state index in [9.17, 15) is 5.11 Å². The molecule has 148 valence electrons. The molecule has 0 radical (unpaired) electrons. The highest BCUT2D eigenvalue weighted by atomic mass is 16.5. The van der Waals surface area contributed by atoms with Crippen molar-refractivity contribution in [1.82, 2.24) is 4.90 Å². The third kappa shape index (κ3) is 3.81. The van der Waals surface area contributed by atoms with E-state index in [4.69, 9.17) is 4.74 Å². The molecule has 1 fully saturated rings. The van der Waals surface area contributed by atoms with Crippen LogP contribution in [-0.2, 0) is 13.0 Å². The van der Waals surface area contributed by atoms with Crippen LogP contribution in [0.3, 0.4) is 0 Å². The van der Waals surface area contributed by atoms with Crippen LogP contribution < -0.4 is 4.74 Å². The number of fused-ring (bicyclic) bond motifs is 3. The molecule has 3 aromatic carbocycles. The molecule has 1 N–H and O–H groups in total. The number of hydrogen-bond acceptors (Lipinski definition) is 3. The van der Waals surface area contributed by atoms with Gasteiger partial charge in [-0.25, -0.2) is 0 Å². The molecular weight excluding hydrogens is 358 g/mol. The van der Waals surface area contributed by atoms with Gasteiger partial charge in [0.2, 0.25) is 0 Å². The second kappa shape index (κ2) is 8.02. The fourth-order valence-corrected chi connectivity index (χ4v) is 4.92. The molecule has 3 atom stereocenters. The molecule has 2 aliphatic heterocycles. The van der Waals surface area contributed by atoms with Gasteiger partial charge in [0.25, 0.3) is 0 Å². The van der Waals surface area contributed by atoms with Crippen molar-refractivity contribution >= 4 is 0 Å². The number of ether oxygens (including phenoxy) is 1. The summed E-state index contributed by atoms with van der Waals surface area (Å²) in [4.78, 5) is 2.59. The lowest BCUT2D eigenvalue weighted by Gasteiger charge is -2.47. The minimum Gasteiger partial charge on any atom is -0.489 e. The number of aliphatic hydroxyl groups is 1. The van der Waals surface area contributed by atoms with Crippen LogP contribution in [0.4, 0.5) is 0 Å². The quantitative estimate of drug-likeness (QED) is 0.681. The van der Waals surface area contributed by atoms with E-state index in [1.807, 2.05) is 18.2 Å². The van der Waals surface area contributed by atoms with Crippen molar-refractivity contribution in [3.63, 3.8) is 0 Å². The molecule has 3 nitrogen and oxygen atoms in total. The first-order chi connectivity index (χ1) is 14.3. The molecule has 29 heavy (non-hydrogen) atoms. The van der Waals surface area contributed by atoms with Gasteiger partial charge in [-0.1, -0.05) is 66.7 Å². The third-order valence-electron chi connectivity index (χ3n) is 6.34. The lowest BCUT2D eigenvalue weighted by Crippen LogP contribution is -2.44. The minimum absolute atomic E-state index is 0.263. The van der Waals surface area contributed by atoms with Gasteiger partial charge in [-0.05, 0) is 53.6 Å². The summed E-state index contributed by atoms with van der Waals surface area (Å²) < 4.78 is 6.04. The number of nitrogens with zero attached hydrogens (tertiary/aromatic N) is 1.